The number of hydrogen-bond acceptors (Lipinski definition) is 10. The van der Waals surface area contributed by atoms with E-state index in [1.807, 2.05) is 52.0 Å². The molecule has 2 aliphatic heterocycles. The number of hydrogen-bond donors (Lipinski definition) is 2. The van der Waals surface area contributed by atoms with E-state index in [-0.39, 0.29) is 23.8 Å². The highest BCUT2D eigenvalue weighted by atomic mass is 32.2. The van der Waals surface area contributed by atoms with Gasteiger partial charge in [-0.1, -0.05) is 24.3 Å². The van der Waals surface area contributed by atoms with Crippen LogP contribution in [0.3, 0.4) is 0 Å². The molecule has 3 rings (SSSR count). The fraction of sp³-hybridized carbons (Fsp3) is 0.545. The summed E-state index contributed by atoms with van der Waals surface area (Å²) in [5, 5.41) is 4.90. The summed E-state index contributed by atoms with van der Waals surface area (Å²) in [6.07, 6.45) is -2.15. The zero-order valence-electron chi connectivity index (χ0n) is 19.4. The smallest absolute Gasteiger partial charge is 0.407 e. The van der Waals surface area contributed by atoms with Crippen LogP contribution < -0.4 is 10.6 Å². The molecule has 2 amide bonds. The molecule has 1 aromatic carbocycles. The van der Waals surface area contributed by atoms with Gasteiger partial charge in [-0.25, -0.2) is 19.2 Å². The summed E-state index contributed by atoms with van der Waals surface area (Å²) < 4.78 is 20.4. The molecule has 0 spiro atoms. The van der Waals surface area contributed by atoms with Gasteiger partial charge < -0.3 is 29.6 Å². The van der Waals surface area contributed by atoms with E-state index in [9.17, 15) is 19.2 Å². The zero-order chi connectivity index (χ0) is 24.9. The van der Waals surface area contributed by atoms with Crippen molar-refractivity contribution < 1.29 is 38.1 Å². The van der Waals surface area contributed by atoms with Gasteiger partial charge in [-0.15, -0.1) is 0 Å². The maximum absolute atomic E-state index is 12.3. The average molecular weight is 513 g/mol. The van der Waals surface area contributed by atoms with E-state index in [0.717, 1.165) is 34.7 Å². The Bertz CT molecular complexity index is 881. The van der Waals surface area contributed by atoms with Crippen molar-refractivity contribution >= 4 is 46.3 Å². The Morgan fingerprint density at radius 1 is 0.882 bits per heavy atom. The van der Waals surface area contributed by atoms with Gasteiger partial charge in [0.25, 0.3) is 0 Å². The topological polar surface area (TPSA) is 129 Å². The average Bonchev–Trinajstić information content (AvgIpc) is 3.38. The summed E-state index contributed by atoms with van der Waals surface area (Å²) in [4.78, 5) is 46.9. The lowest BCUT2D eigenvalue weighted by molar-refractivity contribution is 0.0697. The number of rotatable bonds is 8. The highest BCUT2D eigenvalue weighted by Gasteiger charge is 2.31. The van der Waals surface area contributed by atoms with Gasteiger partial charge in [0.05, 0.1) is 11.1 Å². The number of carbonyl (C=O) groups excluding carboxylic acids is 4. The molecule has 2 fully saturated rings. The minimum absolute atomic E-state index is 0.0154. The van der Waals surface area contributed by atoms with Gasteiger partial charge in [-0.05, 0) is 62.3 Å². The van der Waals surface area contributed by atoms with Gasteiger partial charge in [0, 0.05) is 11.5 Å². The quantitative estimate of drug-likeness (QED) is 0.388. The molecule has 0 bridgehead atoms. The SMILES string of the molecule is CC(C)(NC(=O)OCC1CSC(=O)O1)c1cccc(C(C)(C)NC(=O)OCC2CSC(=O)O2)c1. The minimum atomic E-state index is -0.783. The molecular formula is C22H28N2O8S2. The molecule has 12 heteroatoms. The predicted octanol–water partition coefficient (Wildman–Crippen LogP) is 4.11. The van der Waals surface area contributed by atoms with Crippen LogP contribution in [-0.4, -0.2) is 59.7 Å². The van der Waals surface area contributed by atoms with Crippen LogP contribution in [0.25, 0.3) is 0 Å². The largest absolute Gasteiger partial charge is 0.450 e. The molecule has 34 heavy (non-hydrogen) atoms. The third-order valence-corrected chi connectivity index (χ3v) is 6.98. The normalized spacial score (nSPS) is 20.4. The molecule has 0 aromatic heterocycles. The van der Waals surface area contributed by atoms with Crippen molar-refractivity contribution in [1.29, 1.82) is 0 Å². The number of alkyl carbamates (subject to hydrolysis) is 2. The van der Waals surface area contributed by atoms with Gasteiger partial charge in [0.1, 0.15) is 25.4 Å². The van der Waals surface area contributed by atoms with Gasteiger partial charge in [0.15, 0.2) is 0 Å². The molecule has 0 radical (unpaired) electrons. The maximum Gasteiger partial charge on any atom is 0.407 e. The Labute approximate surface area is 206 Å². The summed E-state index contributed by atoms with van der Waals surface area (Å²) in [5.74, 6) is 0.902. The Hall–Kier alpha value is -2.60. The predicted molar refractivity (Wildman–Crippen MR) is 127 cm³/mol. The van der Waals surface area contributed by atoms with E-state index < -0.39 is 35.5 Å². The Morgan fingerprint density at radius 3 is 1.65 bits per heavy atom. The molecule has 1 aromatic rings. The van der Waals surface area contributed by atoms with E-state index in [0.29, 0.717) is 11.5 Å². The molecular weight excluding hydrogens is 484 g/mol. The Kier molecular flexibility index (Phi) is 8.24. The summed E-state index contributed by atoms with van der Waals surface area (Å²) in [6.45, 7) is 7.28. The number of ether oxygens (including phenoxy) is 4. The number of nitrogens with one attached hydrogen (secondary N) is 2. The van der Waals surface area contributed by atoms with E-state index >= 15 is 0 Å². The standard InChI is InChI=1S/C22H28N2O8S2/c1-21(2,23-17(25)29-9-15-11-33-19(27)31-15)13-6-5-7-14(8-13)22(3,4)24-18(26)30-10-16-12-34-20(28)32-16/h5-8,15-16H,9-12H2,1-4H3,(H,23,25)(H,24,26). The van der Waals surface area contributed by atoms with Crippen molar-refractivity contribution in [3.63, 3.8) is 0 Å². The lowest BCUT2D eigenvalue weighted by atomic mass is 9.87. The number of cyclic esters (lactones) is 2. The second kappa shape index (κ2) is 10.8. The van der Waals surface area contributed by atoms with Crippen molar-refractivity contribution in [3.05, 3.63) is 35.4 Å². The summed E-state index contributed by atoms with van der Waals surface area (Å²) in [5.41, 5.74) is 0.0229. The number of benzene rings is 1. The molecule has 0 aliphatic carbocycles. The van der Waals surface area contributed by atoms with E-state index in [2.05, 4.69) is 10.6 Å². The van der Waals surface area contributed by atoms with Crippen LogP contribution in [0.1, 0.15) is 38.8 Å². The van der Waals surface area contributed by atoms with Crippen LogP contribution >= 0.6 is 23.5 Å². The molecule has 2 heterocycles. The molecule has 2 saturated heterocycles. The first-order valence-corrected chi connectivity index (χ1v) is 12.6. The number of thioether (sulfide) groups is 2. The fourth-order valence-electron chi connectivity index (χ4n) is 3.26. The van der Waals surface area contributed by atoms with Crippen molar-refractivity contribution in [2.75, 3.05) is 24.7 Å². The van der Waals surface area contributed by atoms with Crippen LogP contribution in [-0.2, 0) is 30.0 Å². The van der Waals surface area contributed by atoms with Crippen LogP contribution in [0, 0.1) is 0 Å². The highest BCUT2D eigenvalue weighted by molar-refractivity contribution is 8.13. The minimum Gasteiger partial charge on any atom is -0.450 e. The lowest BCUT2D eigenvalue weighted by Crippen LogP contribution is -2.44. The van der Waals surface area contributed by atoms with Crippen molar-refractivity contribution in [2.24, 2.45) is 0 Å². The Balaban J connectivity index is 1.55. The maximum atomic E-state index is 12.3. The van der Waals surface area contributed by atoms with Gasteiger partial charge >= 0.3 is 22.8 Å². The summed E-state index contributed by atoms with van der Waals surface area (Å²) >= 11 is 2.10. The summed E-state index contributed by atoms with van der Waals surface area (Å²) in [7, 11) is 0. The van der Waals surface area contributed by atoms with Crippen molar-refractivity contribution in [3.8, 4) is 0 Å². The first kappa shape index (κ1) is 26.0. The van der Waals surface area contributed by atoms with Crippen LogP contribution in [0.5, 0.6) is 0 Å². The number of carbonyl (C=O) groups is 4. The van der Waals surface area contributed by atoms with Gasteiger partial charge in [-0.2, -0.15) is 0 Å². The first-order chi connectivity index (χ1) is 15.9. The van der Waals surface area contributed by atoms with Gasteiger partial charge in [-0.3, -0.25) is 0 Å². The monoisotopic (exact) mass is 512 g/mol. The molecule has 186 valence electrons. The second-order valence-corrected chi connectivity index (χ2v) is 10.8. The van der Waals surface area contributed by atoms with Crippen LogP contribution in [0.4, 0.5) is 19.2 Å². The summed E-state index contributed by atoms with van der Waals surface area (Å²) in [6, 6.07) is 7.43. The fourth-order valence-corrected chi connectivity index (χ4v) is 4.64. The van der Waals surface area contributed by atoms with Crippen LogP contribution in [0.2, 0.25) is 0 Å². The lowest BCUT2D eigenvalue weighted by Gasteiger charge is -2.31. The first-order valence-electron chi connectivity index (χ1n) is 10.6. The molecule has 2 aliphatic rings. The highest BCUT2D eigenvalue weighted by Crippen LogP contribution is 2.27. The molecule has 2 unspecified atom stereocenters. The van der Waals surface area contributed by atoms with Gasteiger partial charge in [0.2, 0.25) is 0 Å². The van der Waals surface area contributed by atoms with Crippen LogP contribution in [0.15, 0.2) is 24.3 Å². The Morgan fingerprint density at radius 2 is 1.29 bits per heavy atom. The molecule has 2 N–H and O–H groups in total. The van der Waals surface area contributed by atoms with Crippen molar-refractivity contribution in [2.45, 2.75) is 51.0 Å². The third kappa shape index (κ3) is 7.20. The molecule has 10 nitrogen and oxygen atoms in total. The number of amides is 2. The van der Waals surface area contributed by atoms with E-state index in [1.54, 1.807) is 0 Å². The van der Waals surface area contributed by atoms with E-state index in [1.165, 1.54) is 0 Å². The molecule has 0 saturated carbocycles. The zero-order valence-corrected chi connectivity index (χ0v) is 21.0. The molecule has 2 atom stereocenters. The third-order valence-electron chi connectivity index (χ3n) is 5.24. The van der Waals surface area contributed by atoms with Crippen molar-refractivity contribution in [1.82, 2.24) is 10.6 Å². The van der Waals surface area contributed by atoms with E-state index in [4.69, 9.17) is 18.9 Å². The second-order valence-electron chi connectivity index (χ2n) is 8.88.